The molecule has 1 fully saturated rings. The van der Waals surface area contributed by atoms with Crippen LogP contribution in [0.25, 0.3) is 0 Å². The standard InChI is InChI=1S/C21H23FN2O3/c1-14-12-17(6-9-20(14)22)19(16-4-5-16)13-21(25)23-11-10-15-2-7-18(8-3-15)24(26)27/h2-3,6-9,12,16,19H,4-5,10-11,13H2,1H3,(H,23,25). The molecule has 1 amide bonds. The molecule has 1 unspecified atom stereocenters. The average Bonchev–Trinajstić information content (AvgIpc) is 3.47. The number of hydrogen-bond acceptors (Lipinski definition) is 3. The van der Waals surface area contributed by atoms with Crippen molar-refractivity contribution in [1.29, 1.82) is 0 Å². The van der Waals surface area contributed by atoms with Crippen LogP contribution in [0.4, 0.5) is 10.1 Å². The SMILES string of the molecule is Cc1cc(C(CC(=O)NCCc2ccc([N+](=O)[O-])cc2)C2CC2)ccc1F. The lowest BCUT2D eigenvalue weighted by Gasteiger charge is -2.17. The molecular weight excluding hydrogens is 347 g/mol. The van der Waals surface area contributed by atoms with E-state index in [1.165, 1.54) is 18.2 Å². The third kappa shape index (κ3) is 5.12. The number of carbonyl (C=O) groups is 1. The maximum Gasteiger partial charge on any atom is 0.269 e. The minimum atomic E-state index is -0.430. The van der Waals surface area contributed by atoms with Gasteiger partial charge in [-0.2, -0.15) is 0 Å². The summed E-state index contributed by atoms with van der Waals surface area (Å²) in [5.41, 5.74) is 2.64. The summed E-state index contributed by atoms with van der Waals surface area (Å²) < 4.78 is 13.5. The van der Waals surface area contributed by atoms with E-state index in [2.05, 4.69) is 5.32 Å². The summed E-state index contributed by atoms with van der Waals surface area (Å²) in [4.78, 5) is 22.6. The van der Waals surface area contributed by atoms with Crippen LogP contribution >= 0.6 is 0 Å². The van der Waals surface area contributed by atoms with E-state index in [4.69, 9.17) is 0 Å². The predicted octanol–water partition coefficient (Wildman–Crippen LogP) is 4.28. The van der Waals surface area contributed by atoms with Gasteiger partial charge in [0.1, 0.15) is 5.82 Å². The number of nitro groups is 1. The van der Waals surface area contributed by atoms with E-state index in [0.29, 0.717) is 30.9 Å². The summed E-state index contributed by atoms with van der Waals surface area (Å²) in [6.45, 7) is 2.23. The molecular formula is C21H23FN2O3. The van der Waals surface area contributed by atoms with Crippen LogP contribution in [-0.2, 0) is 11.2 Å². The van der Waals surface area contributed by atoms with Gasteiger partial charge in [-0.05, 0) is 60.8 Å². The molecule has 1 N–H and O–H groups in total. The van der Waals surface area contributed by atoms with Gasteiger partial charge >= 0.3 is 0 Å². The molecule has 2 aromatic rings. The summed E-state index contributed by atoms with van der Waals surface area (Å²) in [6, 6.07) is 11.5. The van der Waals surface area contributed by atoms with Gasteiger partial charge in [0.25, 0.3) is 5.69 Å². The smallest absolute Gasteiger partial charge is 0.269 e. The molecule has 2 aromatic carbocycles. The number of nitro benzene ring substituents is 1. The molecule has 0 bridgehead atoms. The maximum atomic E-state index is 13.5. The van der Waals surface area contributed by atoms with E-state index < -0.39 is 4.92 Å². The van der Waals surface area contributed by atoms with Crippen molar-refractivity contribution < 1.29 is 14.1 Å². The van der Waals surface area contributed by atoms with Crippen molar-refractivity contribution in [3.63, 3.8) is 0 Å². The van der Waals surface area contributed by atoms with Gasteiger partial charge in [0.05, 0.1) is 4.92 Å². The molecule has 1 atom stereocenters. The molecule has 1 aliphatic carbocycles. The van der Waals surface area contributed by atoms with Crippen LogP contribution in [0.5, 0.6) is 0 Å². The van der Waals surface area contributed by atoms with Crippen LogP contribution in [0.3, 0.4) is 0 Å². The Labute approximate surface area is 157 Å². The van der Waals surface area contributed by atoms with Crippen molar-refractivity contribution in [3.05, 3.63) is 75.1 Å². The molecule has 0 spiro atoms. The van der Waals surface area contributed by atoms with E-state index in [0.717, 1.165) is 24.0 Å². The lowest BCUT2D eigenvalue weighted by atomic mass is 9.89. The topological polar surface area (TPSA) is 72.2 Å². The number of amides is 1. The zero-order chi connectivity index (χ0) is 19.4. The first kappa shape index (κ1) is 19.0. The first-order valence-electron chi connectivity index (χ1n) is 9.20. The number of nitrogens with one attached hydrogen (secondary N) is 1. The normalized spacial score (nSPS) is 14.6. The fraction of sp³-hybridized carbons (Fsp3) is 0.381. The summed E-state index contributed by atoms with van der Waals surface area (Å²) in [7, 11) is 0. The van der Waals surface area contributed by atoms with Gasteiger partial charge in [0.2, 0.25) is 5.91 Å². The van der Waals surface area contributed by atoms with Crippen LogP contribution in [0.15, 0.2) is 42.5 Å². The minimum Gasteiger partial charge on any atom is -0.356 e. The second kappa shape index (κ2) is 8.29. The Morgan fingerprint density at radius 2 is 1.96 bits per heavy atom. The lowest BCUT2D eigenvalue weighted by molar-refractivity contribution is -0.384. The Morgan fingerprint density at radius 1 is 1.26 bits per heavy atom. The van der Waals surface area contributed by atoms with Crippen molar-refractivity contribution in [2.24, 2.45) is 5.92 Å². The Morgan fingerprint density at radius 3 is 2.56 bits per heavy atom. The molecule has 142 valence electrons. The van der Waals surface area contributed by atoms with Crippen LogP contribution in [0.2, 0.25) is 0 Å². The van der Waals surface area contributed by atoms with Crippen molar-refractivity contribution in [3.8, 4) is 0 Å². The third-order valence-corrected chi connectivity index (χ3v) is 5.09. The molecule has 0 aliphatic heterocycles. The highest BCUT2D eigenvalue weighted by atomic mass is 19.1. The summed E-state index contributed by atoms with van der Waals surface area (Å²) in [5.74, 6) is 0.385. The van der Waals surface area contributed by atoms with E-state index in [1.54, 1.807) is 25.1 Å². The van der Waals surface area contributed by atoms with E-state index >= 15 is 0 Å². The monoisotopic (exact) mass is 370 g/mol. The number of nitrogens with zero attached hydrogens (tertiary/aromatic N) is 1. The molecule has 3 rings (SSSR count). The molecule has 0 saturated heterocycles. The van der Waals surface area contributed by atoms with Gasteiger partial charge in [0, 0.05) is 25.1 Å². The zero-order valence-electron chi connectivity index (χ0n) is 15.3. The number of hydrogen-bond donors (Lipinski definition) is 1. The van der Waals surface area contributed by atoms with Crippen LogP contribution in [0, 0.1) is 28.8 Å². The second-order valence-corrected chi connectivity index (χ2v) is 7.18. The second-order valence-electron chi connectivity index (χ2n) is 7.18. The quantitative estimate of drug-likeness (QED) is 0.557. The molecule has 6 heteroatoms. The average molecular weight is 370 g/mol. The van der Waals surface area contributed by atoms with E-state index in [9.17, 15) is 19.3 Å². The van der Waals surface area contributed by atoms with Crippen LogP contribution < -0.4 is 5.32 Å². The number of rotatable bonds is 8. The molecule has 27 heavy (non-hydrogen) atoms. The summed E-state index contributed by atoms with van der Waals surface area (Å²) in [5, 5.41) is 13.6. The molecule has 0 aromatic heterocycles. The lowest BCUT2D eigenvalue weighted by Crippen LogP contribution is -2.27. The molecule has 0 heterocycles. The highest BCUT2D eigenvalue weighted by Crippen LogP contribution is 2.44. The first-order valence-corrected chi connectivity index (χ1v) is 9.20. The fourth-order valence-electron chi connectivity index (χ4n) is 3.36. The highest BCUT2D eigenvalue weighted by Gasteiger charge is 2.33. The highest BCUT2D eigenvalue weighted by molar-refractivity contribution is 5.77. The Hall–Kier alpha value is -2.76. The zero-order valence-corrected chi connectivity index (χ0v) is 15.3. The summed E-state index contributed by atoms with van der Waals surface area (Å²) >= 11 is 0. The van der Waals surface area contributed by atoms with Crippen molar-refractivity contribution in [2.45, 2.75) is 38.5 Å². The number of halogens is 1. The van der Waals surface area contributed by atoms with Crippen molar-refractivity contribution in [1.82, 2.24) is 5.32 Å². The number of aryl methyl sites for hydroxylation is 1. The van der Waals surface area contributed by atoms with Gasteiger partial charge in [-0.3, -0.25) is 14.9 Å². The fourth-order valence-corrected chi connectivity index (χ4v) is 3.36. The third-order valence-electron chi connectivity index (χ3n) is 5.09. The Bertz CT molecular complexity index is 832. The van der Waals surface area contributed by atoms with Gasteiger partial charge in [-0.1, -0.05) is 24.3 Å². The number of carbonyl (C=O) groups excluding carboxylic acids is 1. The van der Waals surface area contributed by atoms with E-state index in [-0.39, 0.29) is 23.3 Å². The first-order chi connectivity index (χ1) is 12.9. The van der Waals surface area contributed by atoms with Crippen LogP contribution in [0.1, 0.15) is 41.9 Å². The summed E-state index contributed by atoms with van der Waals surface area (Å²) in [6.07, 6.45) is 3.23. The maximum absolute atomic E-state index is 13.5. The number of non-ortho nitro benzene ring substituents is 1. The Kier molecular flexibility index (Phi) is 5.84. The van der Waals surface area contributed by atoms with Gasteiger partial charge in [-0.15, -0.1) is 0 Å². The van der Waals surface area contributed by atoms with Gasteiger partial charge in [0.15, 0.2) is 0 Å². The van der Waals surface area contributed by atoms with Gasteiger partial charge < -0.3 is 5.32 Å². The van der Waals surface area contributed by atoms with Gasteiger partial charge in [-0.25, -0.2) is 4.39 Å². The number of benzene rings is 2. The predicted molar refractivity (Wildman–Crippen MR) is 101 cm³/mol. The van der Waals surface area contributed by atoms with E-state index in [1.807, 2.05) is 6.07 Å². The Balaban J connectivity index is 1.52. The van der Waals surface area contributed by atoms with Crippen LogP contribution in [-0.4, -0.2) is 17.4 Å². The molecule has 1 aliphatic rings. The molecule has 0 radical (unpaired) electrons. The largest absolute Gasteiger partial charge is 0.356 e. The van der Waals surface area contributed by atoms with Crippen molar-refractivity contribution >= 4 is 11.6 Å². The molecule has 1 saturated carbocycles. The minimum absolute atomic E-state index is 0.0178. The van der Waals surface area contributed by atoms with Crippen molar-refractivity contribution in [2.75, 3.05) is 6.54 Å². The molecule has 5 nitrogen and oxygen atoms in total.